The molecule has 1 heterocycles. The van der Waals surface area contributed by atoms with Crippen molar-refractivity contribution in [2.75, 3.05) is 13.1 Å². The van der Waals surface area contributed by atoms with Gasteiger partial charge in [0, 0.05) is 24.7 Å². The molecule has 1 fully saturated rings. The number of carboxylic acid groups (broad SMARTS) is 1. The van der Waals surface area contributed by atoms with E-state index in [0.717, 1.165) is 19.2 Å². The Hall–Kier alpha value is -1.68. The van der Waals surface area contributed by atoms with Crippen LogP contribution in [0.2, 0.25) is 0 Å². The highest BCUT2D eigenvalue weighted by Crippen LogP contribution is 2.20. The van der Waals surface area contributed by atoms with Crippen molar-refractivity contribution in [3.05, 3.63) is 41.2 Å². The molecule has 3 nitrogen and oxygen atoms in total. The van der Waals surface area contributed by atoms with E-state index in [1.54, 1.807) is 12.1 Å². The van der Waals surface area contributed by atoms with E-state index in [0.29, 0.717) is 23.6 Å². The van der Waals surface area contributed by atoms with Crippen molar-refractivity contribution in [3.63, 3.8) is 0 Å². The lowest BCUT2D eigenvalue weighted by atomic mass is 9.99. The lowest BCUT2D eigenvalue weighted by Gasteiger charge is -2.30. The van der Waals surface area contributed by atoms with Crippen LogP contribution in [0.1, 0.15) is 30.9 Å². The Bertz CT molecular complexity index is 513. The van der Waals surface area contributed by atoms with Crippen LogP contribution in [-0.2, 0) is 11.3 Å². The van der Waals surface area contributed by atoms with Crippen LogP contribution in [0.4, 0.5) is 4.39 Å². The van der Waals surface area contributed by atoms with Crippen molar-refractivity contribution in [1.82, 2.24) is 4.90 Å². The van der Waals surface area contributed by atoms with Gasteiger partial charge in [-0.3, -0.25) is 4.90 Å². The third-order valence-corrected chi connectivity index (χ3v) is 3.63. The molecule has 20 heavy (non-hydrogen) atoms. The number of halogens is 1. The highest BCUT2D eigenvalue weighted by molar-refractivity contribution is 5.85. The molecule has 1 aliphatic rings. The highest BCUT2D eigenvalue weighted by atomic mass is 19.1. The Morgan fingerprint density at radius 2 is 2.35 bits per heavy atom. The van der Waals surface area contributed by atoms with Crippen molar-refractivity contribution in [2.45, 2.75) is 26.3 Å². The fraction of sp³-hybridized carbons (Fsp3) is 0.438. The number of hydrogen-bond donors (Lipinski definition) is 1. The van der Waals surface area contributed by atoms with Gasteiger partial charge in [0.15, 0.2) is 0 Å². The van der Waals surface area contributed by atoms with Crippen LogP contribution >= 0.6 is 0 Å². The standard InChI is InChI=1S/C16H20FNO2/c1-12-3-2-8-18(10-12)11-14-6-4-13(9-15(14)17)5-7-16(19)20/h4-7,9,12H,2-3,8,10-11H2,1H3,(H,19,20). The number of benzene rings is 1. The van der Waals surface area contributed by atoms with Gasteiger partial charge in [-0.1, -0.05) is 19.1 Å². The third kappa shape index (κ3) is 4.17. The molecule has 0 aromatic heterocycles. The quantitative estimate of drug-likeness (QED) is 0.859. The summed E-state index contributed by atoms with van der Waals surface area (Å²) >= 11 is 0. The second kappa shape index (κ2) is 6.66. The predicted molar refractivity (Wildman–Crippen MR) is 76.7 cm³/mol. The molecule has 0 radical (unpaired) electrons. The average molecular weight is 277 g/mol. The van der Waals surface area contributed by atoms with E-state index in [-0.39, 0.29) is 5.82 Å². The fourth-order valence-corrected chi connectivity index (χ4v) is 2.63. The molecule has 0 bridgehead atoms. The summed E-state index contributed by atoms with van der Waals surface area (Å²) in [5.74, 6) is -0.628. The topological polar surface area (TPSA) is 40.5 Å². The maximum Gasteiger partial charge on any atom is 0.328 e. The zero-order chi connectivity index (χ0) is 14.5. The van der Waals surface area contributed by atoms with Gasteiger partial charge in [-0.25, -0.2) is 9.18 Å². The summed E-state index contributed by atoms with van der Waals surface area (Å²) in [5.41, 5.74) is 1.24. The Labute approximate surface area is 118 Å². The summed E-state index contributed by atoms with van der Waals surface area (Å²) in [4.78, 5) is 12.7. The maximum absolute atomic E-state index is 14.0. The minimum absolute atomic E-state index is 0.268. The molecular formula is C16H20FNO2. The molecule has 4 heteroatoms. The number of aliphatic carboxylic acids is 1. The van der Waals surface area contributed by atoms with Crippen LogP contribution < -0.4 is 0 Å². The molecule has 1 aromatic carbocycles. The van der Waals surface area contributed by atoms with Gasteiger partial charge >= 0.3 is 5.97 Å². The zero-order valence-electron chi connectivity index (χ0n) is 11.7. The molecule has 1 atom stereocenters. The van der Waals surface area contributed by atoms with Gasteiger partial charge in [-0.15, -0.1) is 0 Å². The smallest absolute Gasteiger partial charge is 0.328 e. The molecule has 1 saturated heterocycles. The molecule has 0 saturated carbocycles. The molecule has 0 spiro atoms. The first-order chi connectivity index (χ1) is 9.54. The summed E-state index contributed by atoms with van der Waals surface area (Å²) in [7, 11) is 0. The summed E-state index contributed by atoms with van der Waals surface area (Å²) in [6.07, 6.45) is 4.83. The number of nitrogens with zero attached hydrogens (tertiary/aromatic N) is 1. The van der Waals surface area contributed by atoms with E-state index >= 15 is 0 Å². The number of hydrogen-bond acceptors (Lipinski definition) is 2. The summed E-state index contributed by atoms with van der Waals surface area (Å²) < 4.78 is 14.0. The van der Waals surface area contributed by atoms with Crippen molar-refractivity contribution < 1.29 is 14.3 Å². The molecule has 1 unspecified atom stereocenters. The van der Waals surface area contributed by atoms with Gasteiger partial charge in [0.25, 0.3) is 0 Å². The molecule has 1 aliphatic heterocycles. The van der Waals surface area contributed by atoms with Crippen LogP contribution in [0, 0.1) is 11.7 Å². The Balaban J connectivity index is 2.04. The summed E-state index contributed by atoms with van der Waals surface area (Å²) in [6, 6.07) is 4.89. The van der Waals surface area contributed by atoms with E-state index < -0.39 is 5.97 Å². The second-order valence-corrected chi connectivity index (χ2v) is 5.50. The van der Waals surface area contributed by atoms with E-state index in [9.17, 15) is 9.18 Å². The average Bonchev–Trinajstić information content (AvgIpc) is 2.39. The molecule has 108 valence electrons. The van der Waals surface area contributed by atoms with Crippen molar-refractivity contribution in [2.24, 2.45) is 5.92 Å². The first kappa shape index (κ1) is 14.7. The lowest BCUT2D eigenvalue weighted by molar-refractivity contribution is -0.131. The number of piperidine rings is 1. The normalized spacial score (nSPS) is 20.4. The van der Waals surface area contributed by atoms with Crippen LogP contribution in [0.3, 0.4) is 0 Å². The Morgan fingerprint density at radius 3 is 3.00 bits per heavy atom. The van der Waals surface area contributed by atoms with Crippen molar-refractivity contribution in [1.29, 1.82) is 0 Å². The van der Waals surface area contributed by atoms with Gasteiger partial charge in [-0.05, 0) is 43.0 Å². The van der Waals surface area contributed by atoms with Crippen LogP contribution in [0.15, 0.2) is 24.3 Å². The largest absolute Gasteiger partial charge is 0.478 e. The number of likely N-dealkylation sites (tertiary alicyclic amines) is 1. The minimum atomic E-state index is -1.03. The highest BCUT2D eigenvalue weighted by Gasteiger charge is 2.17. The summed E-state index contributed by atoms with van der Waals surface area (Å²) in [6.45, 7) is 4.88. The third-order valence-electron chi connectivity index (χ3n) is 3.63. The minimum Gasteiger partial charge on any atom is -0.478 e. The molecule has 0 amide bonds. The molecule has 2 rings (SSSR count). The van der Waals surface area contributed by atoms with Crippen molar-refractivity contribution >= 4 is 12.0 Å². The number of carbonyl (C=O) groups is 1. The number of carboxylic acids is 1. The lowest BCUT2D eigenvalue weighted by Crippen LogP contribution is -2.33. The van der Waals surface area contributed by atoms with Crippen molar-refractivity contribution in [3.8, 4) is 0 Å². The van der Waals surface area contributed by atoms with Gasteiger partial charge in [0.1, 0.15) is 5.82 Å². The van der Waals surface area contributed by atoms with Gasteiger partial charge in [-0.2, -0.15) is 0 Å². The van der Waals surface area contributed by atoms with E-state index in [2.05, 4.69) is 11.8 Å². The summed E-state index contributed by atoms with van der Waals surface area (Å²) in [5, 5.41) is 8.55. The van der Waals surface area contributed by atoms with Crippen LogP contribution in [0.25, 0.3) is 6.08 Å². The monoisotopic (exact) mass is 277 g/mol. The zero-order valence-corrected chi connectivity index (χ0v) is 11.7. The SMILES string of the molecule is CC1CCCN(Cc2ccc(C=CC(=O)O)cc2F)C1. The first-order valence-electron chi connectivity index (χ1n) is 6.96. The van der Waals surface area contributed by atoms with Gasteiger partial charge in [0.2, 0.25) is 0 Å². The number of rotatable bonds is 4. The fourth-order valence-electron chi connectivity index (χ4n) is 2.63. The van der Waals surface area contributed by atoms with E-state index in [4.69, 9.17) is 5.11 Å². The van der Waals surface area contributed by atoms with Crippen LogP contribution in [-0.4, -0.2) is 29.1 Å². The molecular weight excluding hydrogens is 257 g/mol. The maximum atomic E-state index is 14.0. The van der Waals surface area contributed by atoms with E-state index in [1.807, 2.05) is 0 Å². The Morgan fingerprint density at radius 1 is 1.55 bits per heavy atom. The molecule has 1 aromatic rings. The second-order valence-electron chi connectivity index (χ2n) is 5.50. The first-order valence-corrected chi connectivity index (χ1v) is 6.96. The predicted octanol–water partition coefficient (Wildman–Crippen LogP) is 3.16. The molecule has 1 N–H and O–H groups in total. The van der Waals surface area contributed by atoms with Gasteiger partial charge in [0.05, 0.1) is 0 Å². The van der Waals surface area contributed by atoms with Gasteiger partial charge < -0.3 is 5.11 Å². The van der Waals surface area contributed by atoms with E-state index in [1.165, 1.54) is 25.0 Å². The Kier molecular flexibility index (Phi) is 4.90. The van der Waals surface area contributed by atoms with Crippen LogP contribution in [0.5, 0.6) is 0 Å². The molecule has 0 aliphatic carbocycles.